The van der Waals surface area contributed by atoms with Crippen LogP contribution in [-0.4, -0.2) is 32.9 Å². The molecular weight excluding hydrogens is 348 g/mol. The van der Waals surface area contributed by atoms with E-state index in [9.17, 15) is 9.59 Å². The van der Waals surface area contributed by atoms with E-state index in [2.05, 4.69) is 22.1 Å². The number of piperidine rings is 1. The molecule has 1 aliphatic heterocycles. The Labute approximate surface area is 157 Å². The average Bonchev–Trinajstić information content (AvgIpc) is 3.00. The molecule has 0 bridgehead atoms. The molecule has 1 saturated heterocycles. The summed E-state index contributed by atoms with van der Waals surface area (Å²) < 4.78 is 1.83. The van der Waals surface area contributed by atoms with Crippen molar-refractivity contribution >= 4 is 22.4 Å². The zero-order valence-corrected chi connectivity index (χ0v) is 16.4. The Morgan fingerprint density at radius 1 is 1.31 bits per heavy atom. The van der Waals surface area contributed by atoms with Gasteiger partial charge in [0.05, 0.1) is 0 Å². The van der Waals surface area contributed by atoms with Crippen molar-refractivity contribution < 1.29 is 4.79 Å². The van der Waals surface area contributed by atoms with Gasteiger partial charge in [-0.1, -0.05) is 6.42 Å². The van der Waals surface area contributed by atoms with Gasteiger partial charge < -0.3 is 9.88 Å². The molecule has 3 rings (SSSR count). The first-order valence-electron chi connectivity index (χ1n) is 9.09. The van der Waals surface area contributed by atoms with Gasteiger partial charge in [0.1, 0.15) is 6.54 Å². The predicted octanol–water partition coefficient (Wildman–Crippen LogP) is 2.93. The van der Waals surface area contributed by atoms with Crippen LogP contribution in [0.4, 0.5) is 5.13 Å². The summed E-state index contributed by atoms with van der Waals surface area (Å²) >= 11 is 1.53. The summed E-state index contributed by atoms with van der Waals surface area (Å²) in [5, 5.41) is 3.51. The average molecular weight is 375 g/mol. The summed E-state index contributed by atoms with van der Waals surface area (Å²) in [5.41, 5.74) is 1.53. The monoisotopic (exact) mass is 374 g/mol. The lowest BCUT2D eigenvalue weighted by Gasteiger charge is -2.32. The molecule has 0 aliphatic carbocycles. The summed E-state index contributed by atoms with van der Waals surface area (Å²) in [7, 11) is 0. The highest BCUT2D eigenvalue weighted by Crippen LogP contribution is 2.24. The Kier molecular flexibility index (Phi) is 5.88. The number of likely N-dealkylation sites (tertiary alicyclic amines) is 1. The molecule has 140 valence electrons. The second-order valence-electron chi connectivity index (χ2n) is 7.06. The van der Waals surface area contributed by atoms with Gasteiger partial charge in [0.25, 0.3) is 0 Å². The first-order chi connectivity index (χ1) is 12.4. The Morgan fingerprint density at radius 3 is 2.73 bits per heavy atom. The lowest BCUT2D eigenvalue weighted by atomic mass is 10.0. The van der Waals surface area contributed by atoms with Crippen molar-refractivity contribution in [3.8, 4) is 0 Å². The number of amides is 1. The number of pyridine rings is 1. The SMILES string of the molecule is Cc1cc(=O)cc(C)n1CC(=O)Nc1ncc(CN2CCCCC2C)s1. The summed E-state index contributed by atoms with van der Waals surface area (Å²) in [6.45, 7) is 8.15. The van der Waals surface area contributed by atoms with Crippen molar-refractivity contribution in [2.24, 2.45) is 0 Å². The fraction of sp³-hybridized carbons (Fsp3) is 0.526. The van der Waals surface area contributed by atoms with Crippen LogP contribution in [0.3, 0.4) is 0 Å². The first-order valence-corrected chi connectivity index (χ1v) is 9.90. The Bertz CT molecular complexity index is 816. The fourth-order valence-corrected chi connectivity index (χ4v) is 4.32. The molecule has 0 aromatic carbocycles. The number of hydrogen-bond acceptors (Lipinski definition) is 5. The molecule has 1 unspecified atom stereocenters. The Morgan fingerprint density at radius 2 is 2.04 bits per heavy atom. The van der Waals surface area contributed by atoms with E-state index in [-0.39, 0.29) is 17.9 Å². The molecule has 7 heteroatoms. The standard InChI is InChI=1S/C19H26N4O2S/c1-13-6-4-5-7-22(13)11-17-10-20-19(26-17)21-18(25)12-23-14(2)8-16(24)9-15(23)3/h8-10,13H,4-7,11-12H2,1-3H3,(H,20,21,25). The molecule has 1 atom stereocenters. The number of hydrogen-bond donors (Lipinski definition) is 1. The summed E-state index contributed by atoms with van der Waals surface area (Å²) in [4.78, 5) is 31.9. The number of rotatable bonds is 5. The van der Waals surface area contributed by atoms with Crippen LogP contribution in [0, 0.1) is 13.8 Å². The molecule has 0 saturated carbocycles. The lowest BCUT2D eigenvalue weighted by molar-refractivity contribution is -0.116. The minimum atomic E-state index is -0.132. The molecule has 2 aromatic heterocycles. The smallest absolute Gasteiger partial charge is 0.246 e. The second kappa shape index (κ2) is 8.14. The third kappa shape index (κ3) is 4.59. The number of aromatic nitrogens is 2. The molecule has 3 heterocycles. The molecule has 1 amide bonds. The van der Waals surface area contributed by atoms with E-state index in [1.165, 1.54) is 35.5 Å². The van der Waals surface area contributed by atoms with Crippen molar-refractivity contribution in [3.63, 3.8) is 0 Å². The third-order valence-electron chi connectivity index (χ3n) is 4.95. The van der Waals surface area contributed by atoms with Crippen LogP contribution in [0.2, 0.25) is 0 Å². The van der Waals surface area contributed by atoms with Crippen LogP contribution < -0.4 is 10.7 Å². The quantitative estimate of drug-likeness (QED) is 0.874. The maximum atomic E-state index is 12.4. The van der Waals surface area contributed by atoms with Gasteiger partial charge in [0, 0.05) is 47.2 Å². The molecular formula is C19H26N4O2S. The molecule has 2 aromatic rings. The molecule has 1 aliphatic rings. The van der Waals surface area contributed by atoms with Crippen LogP contribution >= 0.6 is 11.3 Å². The molecule has 26 heavy (non-hydrogen) atoms. The van der Waals surface area contributed by atoms with Crippen molar-refractivity contribution in [1.29, 1.82) is 0 Å². The van der Waals surface area contributed by atoms with E-state index in [1.807, 2.05) is 24.6 Å². The normalized spacial score (nSPS) is 18.0. The summed E-state index contributed by atoms with van der Waals surface area (Å²) in [6, 6.07) is 3.69. The second-order valence-corrected chi connectivity index (χ2v) is 8.17. The Hall–Kier alpha value is -1.99. The van der Waals surface area contributed by atoms with Crippen molar-refractivity contribution in [3.05, 3.63) is 44.8 Å². The highest BCUT2D eigenvalue weighted by Gasteiger charge is 2.19. The maximum Gasteiger partial charge on any atom is 0.246 e. The van der Waals surface area contributed by atoms with Gasteiger partial charge in [-0.2, -0.15) is 0 Å². The van der Waals surface area contributed by atoms with Gasteiger partial charge in [-0.05, 0) is 40.2 Å². The van der Waals surface area contributed by atoms with Crippen molar-refractivity contribution in [2.45, 2.75) is 59.2 Å². The van der Waals surface area contributed by atoms with E-state index in [0.717, 1.165) is 24.5 Å². The number of nitrogens with zero attached hydrogens (tertiary/aromatic N) is 3. The number of aryl methyl sites for hydroxylation is 2. The van der Waals surface area contributed by atoms with E-state index >= 15 is 0 Å². The minimum Gasteiger partial charge on any atom is -0.340 e. The van der Waals surface area contributed by atoms with E-state index in [1.54, 1.807) is 12.1 Å². The molecule has 1 fully saturated rings. The topological polar surface area (TPSA) is 67.2 Å². The van der Waals surface area contributed by atoms with Gasteiger partial charge in [0.2, 0.25) is 5.91 Å². The Balaban J connectivity index is 1.60. The van der Waals surface area contributed by atoms with E-state index < -0.39 is 0 Å². The lowest BCUT2D eigenvalue weighted by Crippen LogP contribution is -2.36. The zero-order chi connectivity index (χ0) is 18.7. The number of carbonyl (C=O) groups is 1. The maximum absolute atomic E-state index is 12.4. The van der Waals surface area contributed by atoms with Crippen LogP contribution in [0.1, 0.15) is 42.5 Å². The highest BCUT2D eigenvalue weighted by atomic mass is 32.1. The van der Waals surface area contributed by atoms with Gasteiger partial charge >= 0.3 is 0 Å². The van der Waals surface area contributed by atoms with E-state index in [0.29, 0.717) is 11.2 Å². The largest absolute Gasteiger partial charge is 0.340 e. The number of anilines is 1. The molecule has 0 spiro atoms. The summed E-state index contributed by atoms with van der Waals surface area (Å²) in [6.07, 6.45) is 5.67. The van der Waals surface area contributed by atoms with E-state index in [4.69, 9.17) is 0 Å². The third-order valence-corrected chi connectivity index (χ3v) is 5.85. The van der Waals surface area contributed by atoms with Crippen LogP contribution in [0.5, 0.6) is 0 Å². The number of carbonyl (C=O) groups excluding carboxylic acids is 1. The number of thiazole rings is 1. The highest BCUT2D eigenvalue weighted by molar-refractivity contribution is 7.15. The van der Waals surface area contributed by atoms with Gasteiger partial charge in [-0.15, -0.1) is 11.3 Å². The van der Waals surface area contributed by atoms with Gasteiger partial charge in [-0.25, -0.2) is 4.98 Å². The van der Waals surface area contributed by atoms with Crippen molar-refractivity contribution in [1.82, 2.24) is 14.5 Å². The zero-order valence-electron chi connectivity index (χ0n) is 15.6. The number of nitrogens with one attached hydrogen (secondary N) is 1. The van der Waals surface area contributed by atoms with Gasteiger partial charge in [0.15, 0.2) is 10.6 Å². The molecule has 1 N–H and O–H groups in total. The van der Waals surface area contributed by atoms with Crippen molar-refractivity contribution in [2.75, 3.05) is 11.9 Å². The van der Waals surface area contributed by atoms with Crippen LogP contribution in [-0.2, 0) is 17.9 Å². The predicted molar refractivity (Wildman–Crippen MR) is 105 cm³/mol. The minimum absolute atomic E-state index is 0.0341. The molecule has 6 nitrogen and oxygen atoms in total. The fourth-order valence-electron chi connectivity index (χ4n) is 3.47. The first kappa shape index (κ1) is 18.8. The van der Waals surface area contributed by atoms with Crippen LogP contribution in [0.25, 0.3) is 0 Å². The summed E-state index contributed by atoms with van der Waals surface area (Å²) in [5.74, 6) is -0.132. The van der Waals surface area contributed by atoms with Crippen LogP contribution in [0.15, 0.2) is 23.1 Å². The molecule has 0 radical (unpaired) electrons. The van der Waals surface area contributed by atoms with Gasteiger partial charge in [-0.3, -0.25) is 14.5 Å².